The Balaban J connectivity index is 1.59. The van der Waals surface area contributed by atoms with Gasteiger partial charge in [0.2, 0.25) is 5.95 Å². The highest BCUT2D eigenvalue weighted by Gasteiger charge is 2.17. The minimum atomic E-state index is -0.355. The maximum absolute atomic E-state index is 14.8. The number of para-hydroxylation sites is 1. The summed E-state index contributed by atoms with van der Waals surface area (Å²) < 4.78 is 22.3. The minimum Gasteiger partial charge on any atom is -0.423 e. The molecule has 0 saturated heterocycles. The Morgan fingerprint density at radius 1 is 1.10 bits per heavy atom. The first kappa shape index (κ1) is 20.8. The Labute approximate surface area is 184 Å². The third-order valence-electron chi connectivity index (χ3n) is 4.56. The van der Waals surface area contributed by atoms with Crippen LogP contribution in [0.2, 0.25) is 5.02 Å². The summed E-state index contributed by atoms with van der Waals surface area (Å²) >= 11 is 6.19. The smallest absolute Gasteiger partial charge is 0.322 e. The molecule has 0 unspecified atom stereocenters. The zero-order valence-electron chi connectivity index (χ0n) is 17.3. The summed E-state index contributed by atoms with van der Waals surface area (Å²) in [5.74, 6) is 0.419. The second-order valence-corrected chi connectivity index (χ2v) is 7.70. The summed E-state index contributed by atoms with van der Waals surface area (Å²) in [7, 11) is 0. The molecule has 2 heterocycles. The van der Waals surface area contributed by atoms with Crippen LogP contribution in [0.3, 0.4) is 0 Å². The molecule has 0 bridgehead atoms. The Morgan fingerprint density at radius 2 is 1.90 bits per heavy atom. The van der Waals surface area contributed by atoms with Gasteiger partial charge in [-0.1, -0.05) is 23.7 Å². The van der Waals surface area contributed by atoms with E-state index in [1.54, 1.807) is 41.2 Å². The number of nitrogens with one attached hydrogen (secondary N) is 1. The maximum Gasteiger partial charge on any atom is 0.322 e. The lowest BCUT2D eigenvalue weighted by molar-refractivity contribution is 0.376. The summed E-state index contributed by atoms with van der Waals surface area (Å²) in [5, 5.41) is 7.96. The van der Waals surface area contributed by atoms with Crippen LogP contribution in [-0.2, 0) is 0 Å². The number of aromatic nitrogens is 4. The van der Waals surface area contributed by atoms with Crippen molar-refractivity contribution in [2.45, 2.75) is 26.8 Å². The highest BCUT2D eigenvalue weighted by atomic mass is 35.5. The number of rotatable bonds is 6. The molecular formula is C23H21ClFN5O. The number of aryl methyl sites for hydroxylation is 1. The Bertz CT molecular complexity index is 1220. The van der Waals surface area contributed by atoms with E-state index >= 15 is 0 Å². The molecule has 0 atom stereocenters. The molecule has 0 aliphatic carbocycles. The lowest BCUT2D eigenvalue weighted by Gasteiger charge is -2.10. The fraction of sp³-hybridized carbons (Fsp3) is 0.174. The van der Waals surface area contributed by atoms with Gasteiger partial charge in [0.05, 0.1) is 11.1 Å². The molecule has 0 aliphatic rings. The quantitative estimate of drug-likeness (QED) is 0.370. The van der Waals surface area contributed by atoms with Crippen molar-refractivity contribution < 1.29 is 9.13 Å². The van der Waals surface area contributed by atoms with Crippen molar-refractivity contribution in [1.29, 1.82) is 0 Å². The Kier molecular flexibility index (Phi) is 5.86. The fourth-order valence-electron chi connectivity index (χ4n) is 3.06. The van der Waals surface area contributed by atoms with Gasteiger partial charge in [-0.15, -0.1) is 5.10 Å². The fourth-order valence-corrected chi connectivity index (χ4v) is 3.24. The van der Waals surface area contributed by atoms with Crippen molar-refractivity contribution in [3.63, 3.8) is 0 Å². The van der Waals surface area contributed by atoms with Gasteiger partial charge in [-0.2, -0.15) is 4.98 Å². The van der Waals surface area contributed by atoms with E-state index in [9.17, 15) is 4.39 Å². The number of anilines is 2. The monoisotopic (exact) mass is 437 g/mol. The van der Waals surface area contributed by atoms with Gasteiger partial charge in [0.1, 0.15) is 11.6 Å². The van der Waals surface area contributed by atoms with Crippen LogP contribution in [0.4, 0.5) is 16.0 Å². The molecule has 1 N–H and O–H groups in total. The van der Waals surface area contributed by atoms with E-state index in [4.69, 9.17) is 16.3 Å². The van der Waals surface area contributed by atoms with Gasteiger partial charge >= 0.3 is 6.01 Å². The third-order valence-corrected chi connectivity index (χ3v) is 4.87. The summed E-state index contributed by atoms with van der Waals surface area (Å²) in [4.78, 5) is 8.57. The van der Waals surface area contributed by atoms with Gasteiger partial charge in [-0.25, -0.2) is 9.07 Å². The third kappa shape index (κ3) is 4.67. The molecular weight excluding hydrogens is 417 g/mol. The molecule has 6 nitrogen and oxygen atoms in total. The van der Waals surface area contributed by atoms with Crippen molar-refractivity contribution in [2.75, 3.05) is 5.32 Å². The normalized spacial score (nSPS) is 11.0. The van der Waals surface area contributed by atoms with Crippen molar-refractivity contribution in [3.05, 3.63) is 77.3 Å². The van der Waals surface area contributed by atoms with E-state index in [2.05, 4.69) is 20.4 Å². The predicted molar refractivity (Wildman–Crippen MR) is 120 cm³/mol. The predicted octanol–water partition coefficient (Wildman–Crippen LogP) is 6.56. The number of pyridine rings is 1. The van der Waals surface area contributed by atoms with Crippen LogP contribution in [0, 0.1) is 12.7 Å². The highest BCUT2D eigenvalue weighted by molar-refractivity contribution is 6.32. The lowest BCUT2D eigenvalue weighted by atomic mass is 10.1. The second kappa shape index (κ2) is 8.73. The number of hydrogen-bond donors (Lipinski definition) is 1. The van der Waals surface area contributed by atoms with Gasteiger partial charge < -0.3 is 10.1 Å². The van der Waals surface area contributed by atoms with E-state index < -0.39 is 0 Å². The highest BCUT2D eigenvalue weighted by Crippen LogP contribution is 2.31. The molecule has 0 saturated carbocycles. The number of hydrogen-bond acceptors (Lipinski definition) is 5. The van der Waals surface area contributed by atoms with Gasteiger partial charge in [0, 0.05) is 23.1 Å². The van der Waals surface area contributed by atoms with E-state index in [0.717, 1.165) is 11.3 Å². The van der Waals surface area contributed by atoms with Gasteiger partial charge in [0.15, 0.2) is 0 Å². The van der Waals surface area contributed by atoms with Crippen LogP contribution >= 0.6 is 11.6 Å². The van der Waals surface area contributed by atoms with Crippen LogP contribution in [0.5, 0.6) is 11.8 Å². The largest absolute Gasteiger partial charge is 0.423 e. The van der Waals surface area contributed by atoms with Crippen molar-refractivity contribution in [2.24, 2.45) is 0 Å². The van der Waals surface area contributed by atoms with E-state index in [0.29, 0.717) is 28.0 Å². The van der Waals surface area contributed by atoms with Gasteiger partial charge in [-0.05, 0) is 68.8 Å². The zero-order chi connectivity index (χ0) is 22.0. The summed E-state index contributed by atoms with van der Waals surface area (Å²) in [6.07, 6.45) is 1.67. The molecule has 4 rings (SSSR count). The van der Waals surface area contributed by atoms with Crippen LogP contribution in [0.15, 0.2) is 60.8 Å². The average Bonchev–Trinajstić information content (AvgIpc) is 3.12. The molecule has 0 fully saturated rings. The SMILES string of the molecule is Cc1cc(-c2ccc(Nc3nc(Oc4ccccc4Cl)n(C(C)C)n3)cc2F)ccn1. The van der Waals surface area contributed by atoms with Gasteiger partial charge in [-0.3, -0.25) is 4.98 Å². The van der Waals surface area contributed by atoms with Crippen molar-refractivity contribution >= 4 is 23.2 Å². The number of halogens is 2. The lowest BCUT2D eigenvalue weighted by Crippen LogP contribution is -2.05. The average molecular weight is 438 g/mol. The molecule has 2 aromatic heterocycles. The minimum absolute atomic E-state index is 0.00502. The number of benzene rings is 2. The number of nitrogens with zero attached hydrogens (tertiary/aromatic N) is 4. The van der Waals surface area contributed by atoms with E-state index in [-0.39, 0.29) is 17.9 Å². The molecule has 0 aliphatic heterocycles. The Morgan fingerprint density at radius 3 is 2.61 bits per heavy atom. The Hall–Kier alpha value is -3.45. The summed E-state index contributed by atoms with van der Waals surface area (Å²) in [6.45, 7) is 5.79. The maximum atomic E-state index is 14.8. The zero-order valence-corrected chi connectivity index (χ0v) is 18.1. The molecule has 158 valence electrons. The van der Waals surface area contributed by atoms with E-state index in [1.807, 2.05) is 39.0 Å². The molecule has 0 amide bonds. The molecule has 2 aromatic carbocycles. The molecule has 0 spiro atoms. The van der Waals surface area contributed by atoms with Crippen LogP contribution in [-0.4, -0.2) is 19.7 Å². The first-order valence-electron chi connectivity index (χ1n) is 9.79. The standard InChI is InChI=1S/C23H21ClFN5O/c1-14(2)30-23(31-21-7-5-4-6-19(21)24)28-22(29-30)27-17-8-9-18(20(25)13-17)16-10-11-26-15(3)12-16/h4-14H,1-3H3,(H,27,29). The van der Waals surface area contributed by atoms with Gasteiger partial charge in [0.25, 0.3) is 0 Å². The first-order valence-corrected chi connectivity index (χ1v) is 10.2. The molecule has 8 heteroatoms. The molecule has 0 radical (unpaired) electrons. The molecule has 4 aromatic rings. The first-order chi connectivity index (χ1) is 14.9. The van der Waals surface area contributed by atoms with Crippen LogP contribution < -0.4 is 10.1 Å². The van der Waals surface area contributed by atoms with Crippen molar-refractivity contribution in [3.8, 4) is 22.9 Å². The van der Waals surface area contributed by atoms with Crippen LogP contribution in [0.1, 0.15) is 25.6 Å². The number of ether oxygens (including phenoxy) is 1. The topological polar surface area (TPSA) is 64.9 Å². The van der Waals surface area contributed by atoms with Crippen LogP contribution in [0.25, 0.3) is 11.1 Å². The summed E-state index contributed by atoms with van der Waals surface area (Å²) in [5.41, 5.74) is 2.62. The second-order valence-electron chi connectivity index (χ2n) is 7.29. The molecule has 31 heavy (non-hydrogen) atoms. The summed E-state index contributed by atoms with van der Waals surface area (Å²) in [6, 6.07) is 15.9. The van der Waals surface area contributed by atoms with Crippen molar-refractivity contribution in [1.82, 2.24) is 19.7 Å². The van der Waals surface area contributed by atoms with E-state index in [1.165, 1.54) is 6.07 Å².